The van der Waals surface area contributed by atoms with Crippen molar-refractivity contribution in [2.24, 2.45) is 0 Å². The molecule has 0 unspecified atom stereocenters. The van der Waals surface area contributed by atoms with Gasteiger partial charge in [0.25, 0.3) is 0 Å². The van der Waals surface area contributed by atoms with Crippen molar-refractivity contribution >= 4 is 11.7 Å². The van der Waals surface area contributed by atoms with Crippen molar-refractivity contribution in [1.29, 1.82) is 0 Å². The fraction of sp³-hybridized carbons (Fsp3) is 0.533. The number of piperidine rings is 1. The van der Waals surface area contributed by atoms with Gasteiger partial charge in [0.15, 0.2) is 0 Å². The molecule has 1 aliphatic heterocycles. The fourth-order valence-electron chi connectivity index (χ4n) is 3.05. The number of likely N-dealkylation sites (tertiary alicyclic amines) is 1. The Morgan fingerprint density at radius 3 is 2.96 bits per heavy atom. The molecule has 24 heavy (non-hydrogen) atoms. The van der Waals surface area contributed by atoms with E-state index in [1.54, 1.807) is 15.5 Å². The Kier molecular flexibility index (Phi) is 4.44. The molecule has 0 aliphatic carbocycles. The molecule has 6 nitrogen and oxygen atoms in total. The first-order valence-electron chi connectivity index (χ1n) is 7.58. The number of ether oxygens (including phenoxy) is 1. The predicted molar refractivity (Wildman–Crippen MR) is 78.4 cm³/mol. The van der Waals surface area contributed by atoms with Gasteiger partial charge >= 0.3 is 6.18 Å². The first-order valence-corrected chi connectivity index (χ1v) is 7.58. The van der Waals surface area contributed by atoms with E-state index in [0.29, 0.717) is 25.2 Å². The first-order chi connectivity index (χ1) is 11.4. The molecule has 3 rings (SSSR count). The molecule has 2 aromatic heterocycles. The SMILES string of the molecule is COCC(=O)N1CCC[C@H](c2cc(C(F)(F)F)nc3nccn23)C1. The smallest absolute Gasteiger partial charge is 0.375 e. The molecule has 1 saturated heterocycles. The number of carbonyl (C=O) groups is 1. The summed E-state index contributed by atoms with van der Waals surface area (Å²) in [6.07, 6.45) is -0.107. The number of aromatic nitrogens is 3. The molecule has 0 N–H and O–H groups in total. The number of fused-ring (bicyclic) bond motifs is 1. The highest BCUT2D eigenvalue weighted by Crippen LogP contribution is 2.33. The van der Waals surface area contributed by atoms with E-state index in [9.17, 15) is 18.0 Å². The van der Waals surface area contributed by atoms with Gasteiger partial charge in [0.05, 0.1) is 0 Å². The summed E-state index contributed by atoms with van der Waals surface area (Å²) >= 11 is 0. The van der Waals surface area contributed by atoms with Crippen LogP contribution in [0.4, 0.5) is 13.2 Å². The van der Waals surface area contributed by atoms with Crippen LogP contribution in [0.15, 0.2) is 18.5 Å². The minimum absolute atomic E-state index is 0.0140. The zero-order valence-corrected chi connectivity index (χ0v) is 13.1. The topological polar surface area (TPSA) is 59.7 Å². The highest BCUT2D eigenvalue weighted by Gasteiger charge is 2.35. The molecule has 9 heteroatoms. The fourth-order valence-corrected chi connectivity index (χ4v) is 3.05. The minimum atomic E-state index is -4.54. The molecular weight excluding hydrogens is 325 g/mol. The number of rotatable bonds is 3. The maximum atomic E-state index is 13.1. The molecule has 0 saturated carbocycles. The quantitative estimate of drug-likeness (QED) is 0.857. The summed E-state index contributed by atoms with van der Waals surface area (Å²) in [6, 6.07) is 1.06. The standard InChI is InChI=1S/C15H17F3N4O2/c1-24-9-13(23)21-5-2-3-10(8-21)11-7-12(15(16,17)18)20-14-19-4-6-22(11)14/h4,6-7,10H,2-3,5,8-9H2,1H3/t10-/m0/s1. The molecule has 0 spiro atoms. The molecule has 0 radical (unpaired) electrons. The van der Waals surface area contributed by atoms with Crippen LogP contribution in [0.1, 0.15) is 30.1 Å². The lowest BCUT2D eigenvalue weighted by Crippen LogP contribution is -2.41. The van der Waals surface area contributed by atoms with Crippen molar-refractivity contribution < 1.29 is 22.7 Å². The molecular formula is C15H17F3N4O2. The number of halogens is 3. The number of hydrogen-bond donors (Lipinski definition) is 0. The number of alkyl halides is 3. The number of hydrogen-bond acceptors (Lipinski definition) is 4. The monoisotopic (exact) mass is 342 g/mol. The van der Waals surface area contributed by atoms with Gasteiger partial charge in [-0.15, -0.1) is 0 Å². The number of nitrogens with zero attached hydrogens (tertiary/aromatic N) is 4. The summed E-state index contributed by atoms with van der Waals surface area (Å²) < 4.78 is 45.7. The summed E-state index contributed by atoms with van der Waals surface area (Å²) in [5.74, 6) is -0.352. The van der Waals surface area contributed by atoms with Crippen LogP contribution < -0.4 is 0 Å². The van der Waals surface area contributed by atoms with E-state index in [1.165, 1.54) is 13.3 Å². The van der Waals surface area contributed by atoms with Gasteiger partial charge in [-0.3, -0.25) is 9.20 Å². The number of carbonyl (C=O) groups excluding carboxylic acids is 1. The van der Waals surface area contributed by atoms with E-state index < -0.39 is 11.9 Å². The second kappa shape index (κ2) is 6.39. The average Bonchev–Trinajstić information content (AvgIpc) is 3.02. The molecule has 1 amide bonds. The van der Waals surface area contributed by atoms with Gasteiger partial charge < -0.3 is 9.64 Å². The van der Waals surface area contributed by atoms with Crippen molar-refractivity contribution in [3.63, 3.8) is 0 Å². The Morgan fingerprint density at radius 2 is 2.25 bits per heavy atom. The Hall–Kier alpha value is -2.16. The number of imidazole rings is 1. The molecule has 0 bridgehead atoms. The van der Waals surface area contributed by atoms with Crippen molar-refractivity contribution in [3.8, 4) is 0 Å². The molecule has 130 valence electrons. The lowest BCUT2D eigenvalue weighted by Gasteiger charge is -2.33. The number of amides is 1. The zero-order chi connectivity index (χ0) is 17.3. The van der Waals surface area contributed by atoms with Gasteiger partial charge in [0.2, 0.25) is 11.7 Å². The van der Waals surface area contributed by atoms with Crippen molar-refractivity contribution in [2.75, 3.05) is 26.8 Å². The van der Waals surface area contributed by atoms with Gasteiger partial charge in [0, 0.05) is 44.2 Å². The zero-order valence-electron chi connectivity index (χ0n) is 13.1. The Morgan fingerprint density at radius 1 is 1.46 bits per heavy atom. The maximum Gasteiger partial charge on any atom is 0.433 e. The summed E-state index contributed by atoms with van der Waals surface area (Å²) in [6.45, 7) is 0.914. The summed E-state index contributed by atoms with van der Waals surface area (Å²) in [4.78, 5) is 21.1. The lowest BCUT2D eigenvalue weighted by molar-refractivity contribution is -0.141. The van der Waals surface area contributed by atoms with Gasteiger partial charge in [-0.25, -0.2) is 9.97 Å². The van der Waals surface area contributed by atoms with E-state index in [-0.39, 0.29) is 24.2 Å². The van der Waals surface area contributed by atoms with Crippen molar-refractivity contribution in [1.82, 2.24) is 19.3 Å². The number of methoxy groups -OCH3 is 1. The Bertz CT molecular complexity index is 744. The second-order valence-electron chi connectivity index (χ2n) is 5.77. The van der Waals surface area contributed by atoms with Crippen LogP contribution in [-0.2, 0) is 15.7 Å². The van der Waals surface area contributed by atoms with Crippen LogP contribution in [0.25, 0.3) is 5.78 Å². The van der Waals surface area contributed by atoms with Crippen LogP contribution in [0.5, 0.6) is 0 Å². The summed E-state index contributed by atoms with van der Waals surface area (Å²) in [5.41, 5.74) is -0.490. The van der Waals surface area contributed by atoms with Gasteiger partial charge in [-0.05, 0) is 18.9 Å². The molecule has 2 aromatic rings. The van der Waals surface area contributed by atoms with E-state index in [4.69, 9.17) is 4.74 Å². The van der Waals surface area contributed by atoms with Gasteiger partial charge in [0.1, 0.15) is 12.3 Å². The maximum absolute atomic E-state index is 13.1. The third-order valence-corrected chi connectivity index (χ3v) is 4.16. The normalized spacial score (nSPS) is 19.0. The van der Waals surface area contributed by atoms with E-state index >= 15 is 0 Å². The Labute approximate surface area is 136 Å². The third-order valence-electron chi connectivity index (χ3n) is 4.16. The molecule has 1 fully saturated rings. The van der Waals surface area contributed by atoms with Crippen LogP contribution >= 0.6 is 0 Å². The molecule has 1 aliphatic rings. The second-order valence-corrected chi connectivity index (χ2v) is 5.77. The van der Waals surface area contributed by atoms with Crippen LogP contribution in [0.2, 0.25) is 0 Å². The summed E-state index contributed by atoms with van der Waals surface area (Å²) in [5, 5.41) is 0. The van der Waals surface area contributed by atoms with Crippen LogP contribution in [-0.4, -0.2) is 52.0 Å². The highest BCUT2D eigenvalue weighted by molar-refractivity contribution is 5.77. The first kappa shape index (κ1) is 16.7. The van der Waals surface area contributed by atoms with E-state index in [0.717, 1.165) is 12.5 Å². The lowest BCUT2D eigenvalue weighted by atomic mass is 9.93. The van der Waals surface area contributed by atoms with Gasteiger partial charge in [-0.2, -0.15) is 13.2 Å². The van der Waals surface area contributed by atoms with E-state index in [2.05, 4.69) is 9.97 Å². The molecule has 1 atom stereocenters. The average molecular weight is 342 g/mol. The van der Waals surface area contributed by atoms with Gasteiger partial charge in [-0.1, -0.05) is 0 Å². The third kappa shape index (κ3) is 3.21. The van der Waals surface area contributed by atoms with E-state index in [1.807, 2.05) is 0 Å². The highest BCUT2D eigenvalue weighted by atomic mass is 19.4. The van der Waals surface area contributed by atoms with Crippen LogP contribution in [0, 0.1) is 0 Å². The van der Waals surface area contributed by atoms with Crippen molar-refractivity contribution in [2.45, 2.75) is 24.9 Å². The predicted octanol–water partition coefficient (Wildman–Crippen LogP) is 2.10. The van der Waals surface area contributed by atoms with Crippen LogP contribution in [0.3, 0.4) is 0 Å². The minimum Gasteiger partial charge on any atom is -0.375 e. The largest absolute Gasteiger partial charge is 0.433 e. The summed E-state index contributed by atoms with van der Waals surface area (Å²) in [7, 11) is 1.44. The Balaban J connectivity index is 1.96. The molecule has 3 heterocycles. The van der Waals surface area contributed by atoms with Crippen molar-refractivity contribution in [3.05, 3.63) is 29.8 Å². The molecule has 0 aromatic carbocycles.